The van der Waals surface area contributed by atoms with Crippen molar-refractivity contribution in [2.75, 3.05) is 5.75 Å². The summed E-state index contributed by atoms with van der Waals surface area (Å²) in [6.07, 6.45) is 0. The predicted octanol–water partition coefficient (Wildman–Crippen LogP) is 3.19. The molecule has 0 aliphatic carbocycles. The Kier molecular flexibility index (Phi) is 4.41. The molecule has 0 N–H and O–H groups in total. The molecule has 0 spiro atoms. The number of thioether (sulfide) groups is 2. The maximum absolute atomic E-state index is 5.38. The van der Waals surface area contributed by atoms with E-state index in [1.807, 2.05) is 6.92 Å². The minimum Gasteiger partial charge on any atom is -0.424 e. The van der Waals surface area contributed by atoms with E-state index in [4.69, 9.17) is 4.42 Å². The standard InChI is InChI=1S/C9H12N4OS3/c1-4-15-8-12-13-9(17-8)16-5(2)7-11-10-6(3)14-7/h5H,4H2,1-3H3. The van der Waals surface area contributed by atoms with Gasteiger partial charge in [0.2, 0.25) is 11.8 Å². The molecule has 1 unspecified atom stereocenters. The van der Waals surface area contributed by atoms with E-state index in [-0.39, 0.29) is 5.25 Å². The van der Waals surface area contributed by atoms with E-state index in [1.165, 1.54) is 0 Å². The second kappa shape index (κ2) is 5.83. The van der Waals surface area contributed by atoms with E-state index in [0.29, 0.717) is 11.8 Å². The molecule has 0 aliphatic heterocycles. The first kappa shape index (κ1) is 12.8. The van der Waals surface area contributed by atoms with Gasteiger partial charge in [0.1, 0.15) is 0 Å². The summed E-state index contributed by atoms with van der Waals surface area (Å²) in [7, 11) is 0. The molecule has 0 aromatic carbocycles. The van der Waals surface area contributed by atoms with Crippen LogP contribution in [0.4, 0.5) is 0 Å². The Bertz CT molecular complexity index is 484. The fourth-order valence-corrected chi connectivity index (χ4v) is 4.20. The van der Waals surface area contributed by atoms with Crippen molar-refractivity contribution in [1.82, 2.24) is 20.4 Å². The summed E-state index contributed by atoms with van der Waals surface area (Å²) < 4.78 is 7.32. The second-order valence-corrected chi connectivity index (χ2v) is 7.26. The third-order valence-corrected chi connectivity index (χ3v) is 4.93. The summed E-state index contributed by atoms with van der Waals surface area (Å²) in [5, 5.41) is 16.1. The van der Waals surface area contributed by atoms with Gasteiger partial charge in [-0.15, -0.1) is 20.4 Å². The van der Waals surface area contributed by atoms with E-state index in [1.54, 1.807) is 41.8 Å². The van der Waals surface area contributed by atoms with Gasteiger partial charge in [-0.25, -0.2) is 0 Å². The lowest BCUT2D eigenvalue weighted by Gasteiger charge is -2.01. The monoisotopic (exact) mass is 288 g/mol. The first-order valence-electron chi connectivity index (χ1n) is 5.12. The normalized spacial score (nSPS) is 12.9. The predicted molar refractivity (Wildman–Crippen MR) is 69.6 cm³/mol. The molecule has 0 saturated carbocycles. The highest BCUT2D eigenvalue weighted by atomic mass is 32.2. The lowest BCUT2D eigenvalue weighted by atomic mass is 10.5. The number of aromatic nitrogens is 4. The van der Waals surface area contributed by atoms with Crippen molar-refractivity contribution >= 4 is 34.9 Å². The summed E-state index contributed by atoms with van der Waals surface area (Å²) in [5.41, 5.74) is 0. The van der Waals surface area contributed by atoms with Crippen molar-refractivity contribution in [1.29, 1.82) is 0 Å². The quantitative estimate of drug-likeness (QED) is 0.783. The van der Waals surface area contributed by atoms with Crippen LogP contribution in [0.2, 0.25) is 0 Å². The van der Waals surface area contributed by atoms with Crippen molar-refractivity contribution < 1.29 is 4.42 Å². The lowest BCUT2D eigenvalue weighted by molar-refractivity contribution is 0.470. The van der Waals surface area contributed by atoms with Crippen molar-refractivity contribution in [3.05, 3.63) is 11.8 Å². The fraction of sp³-hybridized carbons (Fsp3) is 0.556. The highest BCUT2D eigenvalue weighted by Gasteiger charge is 2.16. The SMILES string of the molecule is CCSc1nnc(SC(C)c2nnc(C)o2)s1. The molecule has 2 aromatic rings. The summed E-state index contributed by atoms with van der Waals surface area (Å²) >= 11 is 4.90. The summed E-state index contributed by atoms with van der Waals surface area (Å²) in [4.78, 5) is 0. The maximum atomic E-state index is 5.38. The van der Waals surface area contributed by atoms with Gasteiger partial charge in [-0.3, -0.25) is 0 Å². The van der Waals surface area contributed by atoms with Gasteiger partial charge in [0.25, 0.3) is 0 Å². The van der Waals surface area contributed by atoms with Crippen molar-refractivity contribution in [3.8, 4) is 0 Å². The molecule has 0 amide bonds. The van der Waals surface area contributed by atoms with Crippen LogP contribution >= 0.6 is 34.9 Å². The highest BCUT2D eigenvalue weighted by Crippen LogP contribution is 2.37. The van der Waals surface area contributed by atoms with Gasteiger partial charge in [-0.1, -0.05) is 41.8 Å². The Hall–Kier alpha value is -0.600. The third kappa shape index (κ3) is 3.43. The van der Waals surface area contributed by atoms with Crippen LogP contribution in [0, 0.1) is 6.92 Å². The third-order valence-electron chi connectivity index (χ3n) is 1.82. The molecule has 17 heavy (non-hydrogen) atoms. The van der Waals surface area contributed by atoms with Gasteiger partial charge in [0, 0.05) is 6.92 Å². The molecule has 5 nitrogen and oxygen atoms in total. The lowest BCUT2D eigenvalue weighted by Crippen LogP contribution is -1.88. The largest absolute Gasteiger partial charge is 0.424 e. The fourth-order valence-electron chi connectivity index (χ4n) is 1.10. The van der Waals surface area contributed by atoms with Gasteiger partial charge in [0.05, 0.1) is 5.25 Å². The van der Waals surface area contributed by atoms with Crippen LogP contribution in [-0.4, -0.2) is 26.1 Å². The van der Waals surface area contributed by atoms with E-state index in [2.05, 4.69) is 27.3 Å². The average Bonchev–Trinajstić information content (AvgIpc) is 2.88. The maximum Gasteiger partial charge on any atom is 0.229 e. The smallest absolute Gasteiger partial charge is 0.229 e. The molecule has 2 rings (SSSR count). The van der Waals surface area contributed by atoms with Crippen LogP contribution in [0.25, 0.3) is 0 Å². The number of aryl methyl sites for hydroxylation is 1. The zero-order valence-corrected chi connectivity index (χ0v) is 12.2. The Morgan fingerprint density at radius 1 is 1.24 bits per heavy atom. The summed E-state index contributed by atoms with van der Waals surface area (Å²) in [6, 6.07) is 0. The van der Waals surface area contributed by atoms with E-state index in [0.717, 1.165) is 14.4 Å². The van der Waals surface area contributed by atoms with Crippen LogP contribution in [-0.2, 0) is 0 Å². The summed E-state index contributed by atoms with van der Waals surface area (Å²) in [5.74, 6) is 2.23. The minimum atomic E-state index is 0.101. The molecule has 0 saturated heterocycles. The van der Waals surface area contributed by atoms with Crippen LogP contribution in [0.15, 0.2) is 13.1 Å². The highest BCUT2D eigenvalue weighted by molar-refractivity contribution is 8.03. The van der Waals surface area contributed by atoms with Crippen molar-refractivity contribution in [2.45, 2.75) is 34.7 Å². The Balaban J connectivity index is 1.99. The Morgan fingerprint density at radius 2 is 2.00 bits per heavy atom. The molecule has 92 valence electrons. The van der Waals surface area contributed by atoms with E-state index < -0.39 is 0 Å². The molecule has 1 atom stereocenters. The number of nitrogens with zero attached hydrogens (tertiary/aromatic N) is 4. The first-order chi connectivity index (χ1) is 8.19. The van der Waals surface area contributed by atoms with Gasteiger partial charge in [0.15, 0.2) is 8.68 Å². The molecule has 8 heteroatoms. The van der Waals surface area contributed by atoms with Crippen LogP contribution in [0.3, 0.4) is 0 Å². The molecule has 0 fully saturated rings. The topological polar surface area (TPSA) is 64.7 Å². The van der Waals surface area contributed by atoms with Crippen LogP contribution < -0.4 is 0 Å². The number of hydrogen-bond acceptors (Lipinski definition) is 8. The first-order valence-corrected chi connectivity index (χ1v) is 7.80. The molecule has 2 aromatic heterocycles. The Morgan fingerprint density at radius 3 is 2.65 bits per heavy atom. The zero-order valence-electron chi connectivity index (χ0n) is 9.71. The van der Waals surface area contributed by atoms with Crippen LogP contribution in [0.5, 0.6) is 0 Å². The molecule has 0 bridgehead atoms. The van der Waals surface area contributed by atoms with E-state index in [9.17, 15) is 0 Å². The molecule has 2 heterocycles. The Labute approximate surface area is 112 Å². The second-order valence-electron chi connectivity index (χ2n) is 3.19. The van der Waals surface area contributed by atoms with Crippen molar-refractivity contribution in [3.63, 3.8) is 0 Å². The van der Waals surface area contributed by atoms with Gasteiger partial charge < -0.3 is 4.42 Å². The molecule has 0 radical (unpaired) electrons. The summed E-state index contributed by atoms with van der Waals surface area (Å²) in [6.45, 7) is 5.91. The zero-order chi connectivity index (χ0) is 12.3. The molecular weight excluding hydrogens is 276 g/mol. The number of hydrogen-bond donors (Lipinski definition) is 0. The van der Waals surface area contributed by atoms with E-state index >= 15 is 0 Å². The average molecular weight is 288 g/mol. The van der Waals surface area contributed by atoms with Gasteiger partial charge in [-0.2, -0.15) is 0 Å². The van der Waals surface area contributed by atoms with Gasteiger partial charge in [-0.05, 0) is 12.7 Å². The van der Waals surface area contributed by atoms with Crippen molar-refractivity contribution in [2.24, 2.45) is 0 Å². The van der Waals surface area contributed by atoms with Gasteiger partial charge >= 0.3 is 0 Å². The number of rotatable bonds is 5. The molecule has 0 aliphatic rings. The molecular formula is C9H12N4OS3. The minimum absolute atomic E-state index is 0.101. The van der Waals surface area contributed by atoms with Crippen LogP contribution in [0.1, 0.15) is 30.9 Å².